The third kappa shape index (κ3) is 3.30. The van der Waals surface area contributed by atoms with Gasteiger partial charge in [-0.15, -0.1) is 11.3 Å². The predicted molar refractivity (Wildman–Crippen MR) is 95.5 cm³/mol. The van der Waals surface area contributed by atoms with Gasteiger partial charge in [0.15, 0.2) is 5.16 Å². The lowest BCUT2D eigenvalue weighted by Crippen LogP contribution is -2.43. The highest BCUT2D eigenvalue weighted by Gasteiger charge is 2.23. The molecule has 1 atom stereocenters. The van der Waals surface area contributed by atoms with Crippen molar-refractivity contribution in [2.75, 3.05) is 12.3 Å². The number of rotatable bonds is 3. The van der Waals surface area contributed by atoms with E-state index < -0.39 is 0 Å². The molecule has 3 rings (SSSR count). The largest absolute Gasteiger partial charge is 0.339 e. The number of nitrogens with zero attached hydrogens (tertiary/aromatic N) is 2. The zero-order valence-electron chi connectivity index (χ0n) is 13.6. The summed E-state index contributed by atoms with van der Waals surface area (Å²) in [6, 6.07) is 0.314. The highest BCUT2D eigenvalue weighted by molar-refractivity contribution is 7.99. The second kappa shape index (κ2) is 6.65. The summed E-state index contributed by atoms with van der Waals surface area (Å²) in [5, 5.41) is 1.20. The monoisotopic (exact) mass is 351 g/mol. The van der Waals surface area contributed by atoms with Crippen LogP contribution in [-0.2, 0) is 4.79 Å². The number of piperidine rings is 1. The summed E-state index contributed by atoms with van der Waals surface area (Å²) < 4.78 is 0. The minimum atomic E-state index is -0.113. The van der Waals surface area contributed by atoms with Crippen LogP contribution in [0.5, 0.6) is 0 Å². The second-order valence-corrected chi connectivity index (χ2v) is 8.22. The summed E-state index contributed by atoms with van der Waals surface area (Å²) in [6.07, 6.45) is 3.35. The van der Waals surface area contributed by atoms with Crippen LogP contribution in [0, 0.1) is 13.8 Å². The molecule has 5 nitrogen and oxygen atoms in total. The lowest BCUT2D eigenvalue weighted by molar-refractivity contribution is -0.131. The number of fused-ring (bicyclic) bond motifs is 1. The minimum Gasteiger partial charge on any atom is -0.339 e. The SMILES string of the molecule is Cc1sc2nc(SCC(=O)N3CCCCC3C)[nH]c(=O)c2c1C. The molecule has 1 aliphatic rings. The van der Waals surface area contributed by atoms with Gasteiger partial charge in [-0.2, -0.15) is 0 Å². The summed E-state index contributed by atoms with van der Waals surface area (Å²) in [7, 11) is 0. The average Bonchev–Trinajstić information content (AvgIpc) is 2.80. The number of hydrogen-bond acceptors (Lipinski definition) is 5. The van der Waals surface area contributed by atoms with Crippen LogP contribution in [0.1, 0.15) is 36.6 Å². The molecular formula is C16H21N3O2S2. The molecule has 1 saturated heterocycles. The van der Waals surface area contributed by atoms with Crippen LogP contribution >= 0.6 is 23.1 Å². The van der Waals surface area contributed by atoms with Crippen molar-refractivity contribution in [3.8, 4) is 0 Å². The molecule has 0 aromatic carbocycles. The van der Waals surface area contributed by atoms with Crippen LogP contribution in [0.15, 0.2) is 9.95 Å². The molecule has 0 spiro atoms. The van der Waals surface area contributed by atoms with Crippen molar-refractivity contribution in [1.82, 2.24) is 14.9 Å². The number of carbonyl (C=O) groups excluding carboxylic acids is 1. The number of thiophene rings is 1. The van der Waals surface area contributed by atoms with Gasteiger partial charge in [0.25, 0.3) is 5.56 Å². The summed E-state index contributed by atoms with van der Waals surface area (Å²) in [5.74, 6) is 0.450. The van der Waals surface area contributed by atoms with Gasteiger partial charge in [0, 0.05) is 17.5 Å². The van der Waals surface area contributed by atoms with E-state index in [0.717, 1.165) is 34.7 Å². The molecule has 0 aliphatic carbocycles. The van der Waals surface area contributed by atoms with E-state index in [2.05, 4.69) is 16.9 Å². The molecule has 23 heavy (non-hydrogen) atoms. The smallest absolute Gasteiger partial charge is 0.260 e. The normalized spacial score (nSPS) is 18.6. The van der Waals surface area contributed by atoms with Gasteiger partial charge in [-0.05, 0) is 45.6 Å². The highest BCUT2D eigenvalue weighted by Crippen LogP contribution is 2.27. The third-order valence-electron chi connectivity index (χ3n) is 4.47. The van der Waals surface area contributed by atoms with Gasteiger partial charge in [-0.3, -0.25) is 9.59 Å². The summed E-state index contributed by atoms with van der Waals surface area (Å²) in [4.78, 5) is 35.7. The van der Waals surface area contributed by atoms with Gasteiger partial charge < -0.3 is 9.88 Å². The lowest BCUT2D eigenvalue weighted by Gasteiger charge is -2.33. The quantitative estimate of drug-likeness (QED) is 0.682. The maximum absolute atomic E-state index is 12.4. The Morgan fingerprint density at radius 2 is 2.22 bits per heavy atom. The van der Waals surface area contributed by atoms with Gasteiger partial charge in [-0.1, -0.05) is 11.8 Å². The van der Waals surface area contributed by atoms with E-state index in [9.17, 15) is 9.59 Å². The Balaban J connectivity index is 1.74. The van der Waals surface area contributed by atoms with Crippen LogP contribution in [0.25, 0.3) is 10.2 Å². The number of aryl methyl sites for hydroxylation is 2. The van der Waals surface area contributed by atoms with E-state index in [1.807, 2.05) is 18.7 Å². The molecule has 3 heterocycles. The number of nitrogens with one attached hydrogen (secondary N) is 1. The number of H-pyrrole nitrogens is 1. The van der Waals surface area contributed by atoms with Gasteiger partial charge >= 0.3 is 0 Å². The molecule has 1 fully saturated rings. The summed E-state index contributed by atoms with van der Waals surface area (Å²) in [5.41, 5.74) is 0.881. The standard InChI is InChI=1S/C16H21N3O2S2/c1-9-6-4-5-7-19(9)12(20)8-22-16-17-14(21)13-10(2)11(3)23-15(13)18-16/h9H,4-8H2,1-3H3,(H,17,18,21). The average molecular weight is 351 g/mol. The molecule has 2 aromatic rings. The minimum absolute atomic E-state index is 0.113. The van der Waals surface area contributed by atoms with Crippen LogP contribution in [0.3, 0.4) is 0 Å². The number of likely N-dealkylation sites (tertiary alicyclic amines) is 1. The molecule has 0 saturated carbocycles. The number of aromatic amines is 1. The van der Waals surface area contributed by atoms with E-state index in [0.29, 0.717) is 22.3 Å². The van der Waals surface area contributed by atoms with E-state index in [4.69, 9.17) is 0 Å². The Bertz CT molecular complexity index is 796. The molecule has 1 unspecified atom stereocenters. The zero-order chi connectivity index (χ0) is 16.6. The van der Waals surface area contributed by atoms with Crippen LogP contribution in [0.4, 0.5) is 0 Å². The molecule has 0 radical (unpaired) electrons. The van der Waals surface area contributed by atoms with E-state index >= 15 is 0 Å². The van der Waals surface area contributed by atoms with E-state index in [1.165, 1.54) is 29.5 Å². The van der Waals surface area contributed by atoms with Gasteiger partial charge in [0.1, 0.15) is 4.83 Å². The number of aromatic nitrogens is 2. The Hall–Kier alpha value is -1.34. The molecule has 7 heteroatoms. The van der Waals surface area contributed by atoms with Crippen molar-refractivity contribution in [3.63, 3.8) is 0 Å². The molecule has 2 aromatic heterocycles. The Labute approximate surface area is 143 Å². The fourth-order valence-corrected chi connectivity index (χ4v) is 4.82. The Kier molecular flexibility index (Phi) is 4.77. The molecular weight excluding hydrogens is 330 g/mol. The van der Waals surface area contributed by atoms with Gasteiger partial charge in [-0.25, -0.2) is 4.98 Å². The first kappa shape index (κ1) is 16.5. The highest BCUT2D eigenvalue weighted by atomic mass is 32.2. The van der Waals surface area contributed by atoms with Crippen molar-refractivity contribution in [3.05, 3.63) is 20.8 Å². The molecule has 0 bridgehead atoms. The molecule has 1 amide bonds. The first-order chi connectivity index (χ1) is 11.0. The van der Waals surface area contributed by atoms with Crippen molar-refractivity contribution in [1.29, 1.82) is 0 Å². The van der Waals surface area contributed by atoms with Crippen molar-refractivity contribution in [2.24, 2.45) is 0 Å². The Morgan fingerprint density at radius 3 is 2.96 bits per heavy atom. The third-order valence-corrected chi connectivity index (χ3v) is 6.43. The molecule has 1 N–H and O–H groups in total. The van der Waals surface area contributed by atoms with Crippen molar-refractivity contribution in [2.45, 2.75) is 51.2 Å². The molecule has 1 aliphatic heterocycles. The summed E-state index contributed by atoms with van der Waals surface area (Å²) in [6.45, 7) is 6.88. The van der Waals surface area contributed by atoms with Crippen molar-refractivity contribution >= 4 is 39.2 Å². The first-order valence-corrected chi connectivity index (χ1v) is 9.70. The lowest BCUT2D eigenvalue weighted by atomic mass is 10.0. The summed E-state index contributed by atoms with van der Waals surface area (Å²) >= 11 is 2.85. The number of amides is 1. The second-order valence-electron chi connectivity index (χ2n) is 6.06. The van der Waals surface area contributed by atoms with Gasteiger partial charge in [0.05, 0.1) is 11.1 Å². The topological polar surface area (TPSA) is 66.1 Å². The number of hydrogen-bond donors (Lipinski definition) is 1. The van der Waals surface area contributed by atoms with Crippen LogP contribution < -0.4 is 5.56 Å². The zero-order valence-corrected chi connectivity index (χ0v) is 15.3. The van der Waals surface area contributed by atoms with Crippen LogP contribution in [-0.4, -0.2) is 39.1 Å². The number of thioether (sulfide) groups is 1. The maximum atomic E-state index is 12.4. The fraction of sp³-hybridized carbons (Fsp3) is 0.562. The maximum Gasteiger partial charge on any atom is 0.260 e. The fourth-order valence-electron chi connectivity index (χ4n) is 2.98. The van der Waals surface area contributed by atoms with E-state index in [1.54, 1.807) is 0 Å². The van der Waals surface area contributed by atoms with Crippen molar-refractivity contribution < 1.29 is 4.79 Å². The number of carbonyl (C=O) groups is 1. The van der Waals surface area contributed by atoms with Gasteiger partial charge in [0.2, 0.25) is 5.91 Å². The van der Waals surface area contributed by atoms with E-state index in [-0.39, 0.29) is 11.5 Å². The molecule has 124 valence electrons. The van der Waals surface area contributed by atoms with Crippen LogP contribution in [0.2, 0.25) is 0 Å². The predicted octanol–water partition coefficient (Wildman–Crippen LogP) is 3.09. The first-order valence-electron chi connectivity index (χ1n) is 7.89. The Morgan fingerprint density at radius 1 is 1.43 bits per heavy atom.